The number of carbonyl (C=O) groups is 1. The highest BCUT2D eigenvalue weighted by atomic mass is 16.5. The summed E-state index contributed by atoms with van der Waals surface area (Å²) >= 11 is 0. The second-order valence-corrected chi connectivity index (χ2v) is 5.33. The maximum Gasteiger partial charge on any atom is 0.220 e. The topological polar surface area (TPSA) is 88.0 Å². The second kappa shape index (κ2) is 7.19. The molecule has 19 heavy (non-hydrogen) atoms. The number of hydrogen-bond donors (Lipinski definition) is 3. The molecule has 3 N–H and O–H groups in total. The quantitative estimate of drug-likeness (QED) is 0.624. The molecule has 0 radical (unpaired) electrons. The van der Waals surface area contributed by atoms with Crippen molar-refractivity contribution in [1.29, 1.82) is 0 Å². The van der Waals surface area contributed by atoms with Gasteiger partial charge in [0, 0.05) is 25.5 Å². The summed E-state index contributed by atoms with van der Waals surface area (Å²) in [4.78, 5) is 11.7. The van der Waals surface area contributed by atoms with Gasteiger partial charge in [-0.2, -0.15) is 0 Å². The number of hydrogen-bond acceptors (Lipinski definition) is 5. The minimum absolute atomic E-state index is 0.0391. The van der Waals surface area contributed by atoms with Crippen molar-refractivity contribution in [2.75, 3.05) is 26.4 Å². The number of aliphatic hydroxyl groups excluding tert-OH is 2. The van der Waals surface area contributed by atoms with Crippen molar-refractivity contribution in [3.05, 3.63) is 0 Å². The van der Waals surface area contributed by atoms with E-state index in [4.69, 9.17) is 9.47 Å². The largest absolute Gasteiger partial charge is 0.390 e. The number of amides is 1. The van der Waals surface area contributed by atoms with Crippen molar-refractivity contribution in [1.82, 2.24) is 5.32 Å². The summed E-state index contributed by atoms with van der Waals surface area (Å²) in [5.41, 5.74) is 0. The van der Waals surface area contributed by atoms with E-state index in [1.807, 2.05) is 0 Å². The van der Waals surface area contributed by atoms with E-state index in [0.29, 0.717) is 19.6 Å². The fourth-order valence-electron chi connectivity index (χ4n) is 2.53. The maximum atomic E-state index is 11.7. The normalized spacial score (nSPS) is 35.3. The van der Waals surface area contributed by atoms with Crippen molar-refractivity contribution in [2.45, 2.75) is 44.0 Å². The van der Waals surface area contributed by atoms with Gasteiger partial charge in [-0.3, -0.25) is 4.79 Å². The standard InChI is InChI=1S/C13H23NO5/c15-11-8-18-7-9(13(11)17)6-14-12(16)4-3-10-2-1-5-19-10/h9-11,13,15,17H,1-8H2,(H,14,16)/t9-,10+,11-,13+/m1/s1. The van der Waals surface area contributed by atoms with Gasteiger partial charge in [-0.15, -0.1) is 0 Å². The van der Waals surface area contributed by atoms with E-state index in [0.717, 1.165) is 25.9 Å². The smallest absolute Gasteiger partial charge is 0.220 e. The van der Waals surface area contributed by atoms with E-state index >= 15 is 0 Å². The predicted molar refractivity (Wildman–Crippen MR) is 67.5 cm³/mol. The summed E-state index contributed by atoms with van der Waals surface area (Å²) in [7, 11) is 0. The van der Waals surface area contributed by atoms with Crippen molar-refractivity contribution >= 4 is 5.91 Å². The molecule has 0 bridgehead atoms. The van der Waals surface area contributed by atoms with Gasteiger partial charge in [0.05, 0.1) is 25.4 Å². The van der Waals surface area contributed by atoms with Crippen LogP contribution in [0.1, 0.15) is 25.7 Å². The van der Waals surface area contributed by atoms with Crippen molar-refractivity contribution < 1.29 is 24.5 Å². The Labute approximate surface area is 113 Å². The predicted octanol–water partition coefficient (Wildman–Crippen LogP) is -0.570. The van der Waals surface area contributed by atoms with Gasteiger partial charge in [0.2, 0.25) is 5.91 Å². The summed E-state index contributed by atoms with van der Waals surface area (Å²) < 4.78 is 10.6. The minimum atomic E-state index is -0.859. The average molecular weight is 273 g/mol. The minimum Gasteiger partial charge on any atom is -0.390 e. The van der Waals surface area contributed by atoms with Gasteiger partial charge in [0.25, 0.3) is 0 Å². The lowest BCUT2D eigenvalue weighted by atomic mass is 9.96. The molecule has 0 unspecified atom stereocenters. The van der Waals surface area contributed by atoms with Crippen LogP contribution in [-0.4, -0.2) is 60.8 Å². The highest BCUT2D eigenvalue weighted by Gasteiger charge is 2.31. The lowest BCUT2D eigenvalue weighted by molar-refractivity contribution is -0.128. The van der Waals surface area contributed by atoms with Gasteiger partial charge in [0.15, 0.2) is 0 Å². The van der Waals surface area contributed by atoms with Gasteiger partial charge in [0.1, 0.15) is 6.10 Å². The third kappa shape index (κ3) is 4.42. The fourth-order valence-corrected chi connectivity index (χ4v) is 2.53. The molecule has 0 aromatic rings. The molecule has 110 valence electrons. The van der Waals surface area contributed by atoms with Crippen LogP contribution < -0.4 is 5.32 Å². The monoisotopic (exact) mass is 273 g/mol. The van der Waals surface area contributed by atoms with E-state index in [9.17, 15) is 15.0 Å². The molecule has 6 nitrogen and oxygen atoms in total. The van der Waals surface area contributed by atoms with E-state index in [2.05, 4.69) is 5.32 Å². The van der Waals surface area contributed by atoms with Crippen LogP contribution in [0.4, 0.5) is 0 Å². The first-order valence-corrected chi connectivity index (χ1v) is 6.99. The van der Waals surface area contributed by atoms with E-state index in [1.54, 1.807) is 0 Å². The second-order valence-electron chi connectivity index (χ2n) is 5.33. The third-order valence-electron chi connectivity index (χ3n) is 3.78. The zero-order valence-electron chi connectivity index (χ0n) is 11.1. The Hall–Kier alpha value is -0.690. The zero-order valence-corrected chi connectivity index (χ0v) is 11.1. The molecular formula is C13H23NO5. The Morgan fingerprint density at radius 2 is 2.16 bits per heavy atom. The Bertz CT molecular complexity index is 293. The summed E-state index contributed by atoms with van der Waals surface area (Å²) in [6.07, 6.45) is 1.84. The van der Waals surface area contributed by atoms with Crippen LogP contribution in [0.15, 0.2) is 0 Å². The Morgan fingerprint density at radius 3 is 2.89 bits per heavy atom. The third-order valence-corrected chi connectivity index (χ3v) is 3.78. The van der Waals surface area contributed by atoms with Gasteiger partial charge in [-0.05, 0) is 19.3 Å². The van der Waals surface area contributed by atoms with Crippen molar-refractivity contribution in [3.63, 3.8) is 0 Å². The number of ether oxygens (including phenoxy) is 2. The first-order chi connectivity index (χ1) is 9.16. The zero-order chi connectivity index (χ0) is 13.7. The molecule has 2 fully saturated rings. The van der Waals surface area contributed by atoms with E-state index in [1.165, 1.54) is 0 Å². The molecule has 2 aliphatic rings. The summed E-state index contributed by atoms with van der Waals surface area (Å²) in [6, 6.07) is 0. The summed E-state index contributed by atoms with van der Waals surface area (Å²) in [5, 5.41) is 22.0. The lowest BCUT2D eigenvalue weighted by Crippen LogP contribution is -2.48. The molecule has 0 aromatic heterocycles. The van der Waals surface area contributed by atoms with Crippen molar-refractivity contribution in [2.24, 2.45) is 5.92 Å². The number of nitrogens with one attached hydrogen (secondary N) is 1. The maximum absolute atomic E-state index is 11.7. The summed E-state index contributed by atoms with van der Waals surface area (Å²) in [5.74, 6) is -0.279. The van der Waals surface area contributed by atoms with Gasteiger partial charge < -0.3 is 25.0 Å². The summed E-state index contributed by atoms with van der Waals surface area (Å²) in [6.45, 7) is 1.66. The Morgan fingerprint density at radius 1 is 1.32 bits per heavy atom. The molecule has 0 aliphatic carbocycles. The van der Waals surface area contributed by atoms with Gasteiger partial charge in [-0.1, -0.05) is 0 Å². The van der Waals surface area contributed by atoms with Gasteiger partial charge >= 0.3 is 0 Å². The molecule has 2 aliphatic heterocycles. The fraction of sp³-hybridized carbons (Fsp3) is 0.923. The van der Waals surface area contributed by atoms with Crippen LogP contribution in [0.2, 0.25) is 0 Å². The molecule has 2 saturated heterocycles. The Kier molecular flexibility index (Phi) is 5.57. The number of rotatable bonds is 5. The van der Waals surface area contributed by atoms with Crippen LogP contribution in [0, 0.1) is 5.92 Å². The molecule has 6 heteroatoms. The highest BCUT2D eigenvalue weighted by molar-refractivity contribution is 5.75. The van der Waals surface area contributed by atoms with Crippen molar-refractivity contribution in [3.8, 4) is 0 Å². The SMILES string of the molecule is O=C(CC[C@@H]1CCCO1)NC[C@@H]1COC[C@@H](O)[C@H]1O. The number of carbonyl (C=O) groups excluding carboxylic acids is 1. The van der Waals surface area contributed by atoms with Gasteiger partial charge in [-0.25, -0.2) is 0 Å². The van der Waals surface area contributed by atoms with E-state index in [-0.39, 0.29) is 24.5 Å². The Balaban J connectivity index is 1.62. The molecule has 4 atom stereocenters. The first kappa shape index (κ1) is 14.7. The number of aliphatic hydroxyl groups is 2. The molecule has 1 amide bonds. The first-order valence-electron chi connectivity index (χ1n) is 6.99. The molecule has 2 heterocycles. The van der Waals surface area contributed by atoms with Crippen LogP contribution >= 0.6 is 0 Å². The van der Waals surface area contributed by atoms with Crippen LogP contribution in [-0.2, 0) is 14.3 Å². The molecule has 0 spiro atoms. The van der Waals surface area contributed by atoms with E-state index < -0.39 is 12.2 Å². The molecular weight excluding hydrogens is 250 g/mol. The van der Waals surface area contributed by atoms with Crippen LogP contribution in [0.3, 0.4) is 0 Å². The highest BCUT2D eigenvalue weighted by Crippen LogP contribution is 2.17. The molecule has 0 saturated carbocycles. The molecule has 0 aromatic carbocycles. The average Bonchev–Trinajstić information content (AvgIpc) is 2.91. The lowest BCUT2D eigenvalue weighted by Gasteiger charge is -2.31. The van der Waals surface area contributed by atoms with Crippen LogP contribution in [0.25, 0.3) is 0 Å². The molecule has 2 rings (SSSR count). The van der Waals surface area contributed by atoms with Crippen LogP contribution in [0.5, 0.6) is 0 Å².